The van der Waals surface area contributed by atoms with Gasteiger partial charge in [0, 0.05) is 22.7 Å². The normalized spacial score (nSPS) is 16.7. The molecule has 0 saturated heterocycles. The number of methoxy groups -OCH3 is 1. The third-order valence-corrected chi connectivity index (χ3v) is 6.66. The summed E-state index contributed by atoms with van der Waals surface area (Å²) in [6.07, 6.45) is 1.66. The summed E-state index contributed by atoms with van der Waals surface area (Å²) in [5.41, 5.74) is 8.44. The number of benzene rings is 2. The fraction of sp³-hybridized carbons (Fsp3) is 0.182. The Morgan fingerprint density at radius 3 is 2.82 bits per heavy atom. The van der Waals surface area contributed by atoms with Crippen LogP contribution in [0.3, 0.4) is 0 Å². The van der Waals surface area contributed by atoms with E-state index >= 15 is 0 Å². The van der Waals surface area contributed by atoms with Crippen molar-refractivity contribution in [3.63, 3.8) is 0 Å². The second-order valence-corrected chi connectivity index (χ2v) is 9.35. The molecule has 0 spiro atoms. The summed E-state index contributed by atoms with van der Waals surface area (Å²) in [6, 6.07) is 12.6. The maximum absolute atomic E-state index is 12.2. The van der Waals surface area contributed by atoms with Crippen molar-refractivity contribution < 1.29 is 28.0 Å². The Balaban J connectivity index is 1.80. The van der Waals surface area contributed by atoms with E-state index in [0.717, 1.165) is 10.9 Å². The molecule has 174 valence electrons. The van der Waals surface area contributed by atoms with Gasteiger partial charge in [-0.05, 0) is 45.8 Å². The van der Waals surface area contributed by atoms with Crippen LogP contribution in [0.25, 0.3) is 10.9 Å². The van der Waals surface area contributed by atoms with Crippen LogP contribution in [0.4, 0.5) is 0 Å². The lowest BCUT2D eigenvalue weighted by Crippen LogP contribution is -2.21. The van der Waals surface area contributed by atoms with Crippen molar-refractivity contribution in [3.8, 4) is 29.4 Å². The number of rotatable bonds is 7. The third-order valence-electron chi connectivity index (χ3n) is 5.16. The van der Waals surface area contributed by atoms with Gasteiger partial charge in [0.1, 0.15) is 17.4 Å². The molecule has 4 rings (SSSR count). The summed E-state index contributed by atoms with van der Waals surface area (Å²) in [4.78, 5) is 15.3. The van der Waals surface area contributed by atoms with Crippen LogP contribution >= 0.6 is 23.8 Å². The van der Waals surface area contributed by atoms with E-state index in [9.17, 15) is 14.7 Å². The van der Waals surface area contributed by atoms with Crippen molar-refractivity contribution in [3.05, 3.63) is 63.6 Å². The van der Waals surface area contributed by atoms with E-state index < -0.39 is 13.7 Å². The number of nitrogens with one attached hydrogen (secondary N) is 1. The van der Waals surface area contributed by atoms with Crippen LogP contribution in [0.15, 0.2) is 52.5 Å². The van der Waals surface area contributed by atoms with Crippen LogP contribution < -0.4 is 24.6 Å². The fourth-order valence-corrected chi connectivity index (χ4v) is 5.17. The van der Waals surface area contributed by atoms with Crippen LogP contribution in [0.5, 0.6) is 17.2 Å². The molecule has 0 saturated carbocycles. The number of hydrogen-bond acceptors (Lipinski definition) is 9. The fourth-order valence-electron chi connectivity index (χ4n) is 3.73. The smallest absolute Gasteiger partial charge is 0.319 e. The molecule has 1 aliphatic heterocycles. The number of nitriles is 2. The van der Waals surface area contributed by atoms with Crippen LogP contribution in [0.2, 0.25) is 0 Å². The summed E-state index contributed by atoms with van der Waals surface area (Å²) in [7, 11) is -3.43. The van der Waals surface area contributed by atoms with Gasteiger partial charge in [-0.2, -0.15) is 10.5 Å². The largest absolute Gasteiger partial charge is 0.746 e. The maximum atomic E-state index is 12.2. The first-order valence-corrected chi connectivity index (χ1v) is 12.1. The number of allylic oxidation sites excluding steroid dienone is 1. The molecule has 12 heteroatoms. The molecule has 0 amide bonds. The highest BCUT2D eigenvalue weighted by atomic mass is 79.9. The molecule has 10 nitrogen and oxygen atoms in total. The van der Waals surface area contributed by atoms with Gasteiger partial charge in [0.15, 0.2) is 11.5 Å². The number of nitrogens with two attached hydrogens (primary N) is 1. The van der Waals surface area contributed by atoms with Gasteiger partial charge in [0.05, 0.1) is 36.6 Å². The van der Waals surface area contributed by atoms with Crippen molar-refractivity contribution in [1.82, 2.24) is 4.98 Å². The highest BCUT2D eigenvalue weighted by Crippen LogP contribution is 2.51. The number of halogens is 1. The first kappa shape index (κ1) is 23.7. The summed E-state index contributed by atoms with van der Waals surface area (Å²) in [6.45, 7) is -0.336. The second kappa shape index (κ2) is 9.41. The van der Waals surface area contributed by atoms with Crippen molar-refractivity contribution >= 4 is 34.7 Å². The average Bonchev–Trinajstić information content (AvgIpc) is 3.29. The summed E-state index contributed by atoms with van der Waals surface area (Å²) in [5, 5.41) is 19.2. The quantitative estimate of drug-likeness (QED) is 0.331. The van der Waals surface area contributed by atoms with E-state index in [1.807, 2.05) is 18.2 Å². The number of ether oxygens (including phenoxy) is 2. The maximum Gasteiger partial charge on any atom is 0.319 e. The predicted molar refractivity (Wildman–Crippen MR) is 123 cm³/mol. The van der Waals surface area contributed by atoms with Crippen LogP contribution in [0, 0.1) is 22.7 Å². The first-order chi connectivity index (χ1) is 16.3. The number of aromatic amines is 1. The van der Waals surface area contributed by atoms with Gasteiger partial charge in [-0.15, -0.1) is 0 Å². The Labute approximate surface area is 202 Å². The Kier molecular flexibility index (Phi) is 6.56. The number of aromatic nitrogens is 1. The molecule has 2 atom stereocenters. The van der Waals surface area contributed by atoms with Crippen molar-refractivity contribution in [1.29, 1.82) is 10.5 Å². The lowest BCUT2D eigenvalue weighted by atomic mass is 9.83. The Morgan fingerprint density at radius 2 is 2.12 bits per heavy atom. The van der Waals surface area contributed by atoms with Crippen molar-refractivity contribution in [2.24, 2.45) is 5.73 Å². The summed E-state index contributed by atoms with van der Waals surface area (Å²) in [5.74, 6) is -0.177. The van der Waals surface area contributed by atoms with E-state index in [4.69, 9.17) is 29.5 Å². The lowest BCUT2D eigenvalue weighted by molar-refractivity contribution is -0.216. The Hall–Kier alpha value is -3.47. The van der Waals surface area contributed by atoms with Gasteiger partial charge in [0.25, 0.3) is 0 Å². The second-order valence-electron chi connectivity index (χ2n) is 7.16. The molecule has 0 radical (unpaired) electrons. The standard InChI is InChI=1S/C22H18BrN4O6P/c1-30-18-10-12(9-16(23)21(18)33-34(28,29)31-8-2-6-24)19-14-3-4-17-13(5-7-27-17)20(14)32-22(26)15(19)11-25/h3-5,7,9-10,19,27H,2,8,26H2,1H3,(H,28,29)/p-1. The predicted octanol–water partition coefficient (Wildman–Crippen LogP) is 3.93. The van der Waals surface area contributed by atoms with E-state index in [1.165, 1.54) is 7.11 Å². The minimum absolute atomic E-state index is 0.0286. The summed E-state index contributed by atoms with van der Waals surface area (Å²) >= 11 is 3.33. The molecule has 34 heavy (non-hydrogen) atoms. The lowest BCUT2D eigenvalue weighted by Gasteiger charge is -2.28. The molecule has 1 aliphatic rings. The van der Waals surface area contributed by atoms with E-state index in [2.05, 4.69) is 27.0 Å². The van der Waals surface area contributed by atoms with E-state index in [1.54, 1.807) is 24.4 Å². The molecule has 3 N–H and O–H groups in total. The van der Waals surface area contributed by atoms with E-state index in [-0.39, 0.29) is 40.5 Å². The third kappa shape index (κ3) is 4.35. The SMILES string of the molecule is COc1cc(C2C(C#N)=C(N)Oc3c2ccc2[nH]ccc32)cc(Br)c1OP(=O)([O-])OCCC#N. The van der Waals surface area contributed by atoms with Crippen molar-refractivity contribution in [2.45, 2.75) is 12.3 Å². The zero-order chi connectivity index (χ0) is 24.5. The summed E-state index contributed by atoms with van der Waals surface area (Å²) < 4.78 is 33.4. The molecule has 3 aromatic rings. The molecule has 2 unspecified atom stereocenters. The van der Waals surface area contributed by atoms with Gasteiger partial charge in [-0.3, -0.25) is 4.57 Å². The molecular formula is C22H17BrN4O6P-. The van der Waals surface area contributed by atoms with Crippen LogP contribution in [-0.4, -0.2) is 18.7 Å². The Bertz CT molecular complexity index is 1440. The number of hydrogen-bond donors (Lipinski definition) is 2. The molecule has 0 aliphatic carbocycles. The van der Waals surface area contributed by atoms with Gasteiger partial charge >= 0.3 is 7.82 Å². The van der Waals surface area contributed by atoms with E-state index in [0.29, 0.717) is 16.9 Å². The first-order valence-electron chi connectivity index (χ1n) is 9.86. The van der Waals surface area contributed by atoms with Gasteiger partial charge in [-0.25, -0.2) is 0 Å². The van der Waals surface area contributed by atoms with Gasteiger partial charge in [0.2, 0.25) is 5.88 Å². The number of phosphoric ester groups is 1. The zero-order valence-electron chi connectivity index (χ0n) is 17.7. The molecule has 2 aromatic carbocycles. The molecule has 0 fully saturated rings. The zero-order valence-corrected chi connectivity index (χ0v) is 20.2. The highest BCUT2D eigenvalue weighted by Gasteiger charge is 2.33. The average molecular weight is 544 g/mol. The topological polar surface area (TPSA) is 166 Å². The van der Waals surface area contributed by atoms with Crippen LogP contribution in [0.1, 0.15) is 23.5 Å². The highest BCUT2D eigenvalue weighted by molar-refractivity contribution is 9.10. The molecule has 0 bridgehead atoms. The van der Waals surface area contributed by atoms with Crippen LogP contribution in [-0.2, 0) is 9.09 Å². The van der Waals surface area contributed by atoms with Gasteiger partial charge in [-0.1, -0.05) is 6.07 Å². The number of H-pyrrole nitrogens is 1. The minimum Gasteiger partial charge on any atom is -0.746 e. The van der Waals surface area contributed by atoms with Crippen molar-refractivity contribution in [2.75, 3.05) is 13.7 Å². The number of fused-ring (bicyclic) bond motifs is 3. The number of nitrogens with zero attached hydrogens (tertiary/aromatic N) is 2. The number of phosphoric acid groups is 1. The minimum atomic E-state index is -4.78. The Morgan fingerprint density at radius 1 is 1.32 bits per heavy atom. The molecular weight excluding hydrogens is 527 g/mol. The van der Waals surface area contributed by atoms with Gasteiger partial charge < -0.3 is 34.1 Å². The molecule has 2 heterocycles. The molecule has 1 aromatic heterocycles. The monoisotopic (exact) mass is 543 g/mol.